The van der Waals surface area contributed by atoms with Crippen molar-refractivity contribution in [3.05, 3.63) is 41.5 Å². The first-order chi connectivity index (χ1) is 7.65. The molecule has 84 valence electrons. The standard InChI is InChI=1S/C11H11FN2OS/c1-7-4-9(14-15-7)6-16-11-3-2-8(12)5-10(11)13/h2-5H,6,13H2,1H3. The van der Waals surface area contributed by atoms with E-state index in [1.54, 1.807) is 6.07 Å². The Morgan fingerprint density at radius 1 is 1.44 bits per heavy atom. The zero-order valence-electron chi connectivity index (χ0n) is 8.74. The second kappa shape index (κ2) is 4.57. The highest BCUT2D eigenvalue weighted by atomic mass is 32.2. The van der Waals surface area contributed by atoms with E-state index in [1.807, 2.05) is 13.0 Å². The van der Waals surface area contributed by atoms with E-state index in [4.69, 9.17) is 10.3 Å². The number of hydrogen-bond donors (Lipinski definition) is 1. The van der Waals surface area contributed by atoms with E-state index >= 15 is 0 Å². The van der Waals surface area contributed by atoms with Crippen LogP contribution < -0.4 is 5.73 Å². The first-order valence-electron chi connectivity index (χ1n) is 4.75. The van der Waals surface area contributed by atoms with Crippen molar-refractivity contribution in [2.45, 2.75) is 17.6 Å². The lowest BCUT2D eigenvalue weighted by Gasteiger charge is -2.03. The van der Waals surface area contributed by atoms with Crippen LogP contribution in [0.2, 0.25) is 0 Å². The third-order valence-electron chi connectivity index (χ3n) is 2.02. The summed E-state index contributed by atoms with van der Waals surface area (Å²) in [4.78, 5) is 0.849. The molecule has 0 spiro atoms. The van der Waals surface area contributed by atoms with Gasteiger partial charge in [0.15, 0.2) is 0 Å². The van der Waals surface area contributed by atoms with Gasteiger partial charge in [0.05, 0.1) is 5.69 Å². The summed E-state index contributed by atoms with van der Waals surface area (Å²) in [6.45, 7) is 1.84. The predicted molar refractivity (Wildman–Crippen MR) is 61.6 cm³/mol. The molecule has 0 saturated carbocycles. The van der Waals surface area contributed by atoms with Gasteiger partial charge in [-0.2, -0.15) is 0 Å². The summed E-state index contributed by atoms with van der Waals surface area (Å²) in [5.74, 6) is 1.12. The minimum absolute atomic E-state index is 0.320. The van der Waals surface area contributed by atoms with Crippen molar-refractivity contribution in [1.82, 2.24) is 5.16 Å². The Morgan fingerprint density at radius 3 is 2.88 bits per heavy atom. The number of nitrogens with two attached hydrogens (primary N) is 1. The molecule has 0 aliphatic carbocycles. The molecule has 16 heavy (non-hydrogen) atoms. The van der Waals surface area contributed by atoms with Crippen LogP contribution in [0.3, 0.4) is 0 Å². The second-order valence-corrected chi connectivity index (χ2v) is 4.42. The Hall–Kier alpha value is -1.49. The van der Waals surface area contributed by atoms with Gasteiger partial charge in [0.25, 0.3) is 0 Å². The zero-order chi connectivity index (χ0) is 11.5. The smallest absolute Gasteiger partial charge is 0.133 e. The number of halogens is 1. The summed E-state index contributed by atoms with van der Waals surface area (Å²) in [6.07, 6.45) is 0. The number of anilines is 1. The van der Waals surface area contributed by atoms with Crippen molar-refractivity contribution >= 4 is 17.4 Å². The maximum Gasteiger partial charge on any atom is 0.133 e. The Balaban J connectivity index is 2.04. The highest BCUT2D eigenvalue weighted by molar-refractivity contribution is 7.98. The first-order valence-corrected chi connectivity index (χ1v) is 5.74. The molecular weight excluding hydrogens is 227 g/mol. The van der Waals surface area contributed by atoms with Crippen LogP contribution in [0.1, 0.15) is 11.5 Å². The van der Waals surface area contributed by atoms with Crippen molar-refractivity contribution in [2.75, 3.05) is 5.73 Å². The lowest BCUT2D eigenvalue weighted by molar-refractivity contribution is 0.393. The van der Waals surface area contributed by atoms with E-state index in [0.717, 1.165) is 16.3 Å². The maximum absolute atomic E-state index is 12.8. The molecule has 0 unspecified atom stereocenters. The fourth-order valence-corrected chi connectivity index (χ4v) is 2.12. The molecule has 0 saturated heterocycles. The Labute approximate surface area is 96.8 Å². The molecular formula is C11H11FN2OS. The summed E-state index contributed by atoms with van der Waals surface area (Å²) in [7, 11) is 0. The molecule has 0 aliphatic rings. The molecule has 1 aromatic carbocycles. The van der Waals surface area contributed by atoms with Gasteiger partial charge in [0.1, 0.15) is 11.6 Å². The molecule has 2 N–H and O–H groups in total. The van der Waals surface area contributed by atoms with Crippen LogP contribution in [-0.2, 0) is 5.75 Å². The minimum atomic E-state index is -0.320. The number of hydrogen-bond acceptors (Lipinski definition) is 4. The van der Waals surface area contributed by atoms with Gasteiger partial charge in [-0.05, 0) is 25.1 Å². The lowest BCUT2D eigenvalue weighted by Crippen LogP contribution is -1.90. The Kier molecular flexibility index (Phi) is 3.14. The summed E-state index contributed by atoms with van der Waals surface area (Å²) in [6, 6.07) is 6.25. The number of aryl methyl sites for hydroxylation is 1. The predicted octanol–water partition coefficient (Wildman–Crippen LogP) is 3.00. The maximum atomic E-state index is 12.8. The number of rotatable bonds is 3. The summed E-state index contributed by atoms with van der Waals surface area (Å²) < 4.78 is 17.7. The van der Waals surface area contributed by atoms with Crippen LogP contribution in [0.4, 0.5) is 10.1 Å². The molecule has 3 nitrogen and oxygen atoms in total. The number of aromatic nitrogens is 1. The minimum Gasteiger partial charge on any atom is -0.398 e. The average Bonchev–Trinajstić information content (AvgIpc) is 2.63. The molecule has 1 aromatic heterocycles. The fraction of sp³-hybridized carbons (Fsp3) is 0.182. The van der Waals surface area contributed by atoms with Crippen LogP contribution in [0.5, 0.6) is 0 Å². The van der Waals surface area contributed by atoms with E-state index in [-0.39, 0.29) is 5.82 Å². The van der Waals surface area contributed by atoms with Crippen molar-refractivity contribution in [1.29, 1.82) is 0 Å². The molecule has 0 amide bonds. The molecule has 2 rings (SSSR count). The SMILES string of the molecule is Cc1cc(CSc2ccc(F)cc2N)no1. The zero-order valence-corrected chi connectivity index (χ0v) is 9.55. The summed E-state index contributed by atoms with van der Waals surface area (Å²) in [5, 5.41) is 3.87. The van der Waals surface area contributed by atoms with Crippen molar-refractivity contribution in [2.24, 2.45) is 0 Å². The van der Waals surface area contributed by atoms with Crippen LogP contribution in [0, 0.1) is 12.7 Å². The van der Waals surface area contributed by atoms with Gasteiger partial charge in [-0.3, -0.25) is 0 Å². The molecule has 0 aliphatic heterocycles. The molecule has 0 atom stereocenters. The van der Waals surface area contributed by atoms with Crippen LogP contribution in [0.25, 0.3) is 0 Å². The molecule has 1 heterocycles. The third-order valence-corrected chi connectivity index (χ3v) is 3.15. The van der Waals surface area contributed by atoms with Gasteiger partial charge >= 0.3 is 0 Å². The highest BCUT2D eigenvalue weighted by Crippen LogP contribution is 2.28. The van der Waals surface area contributed by atoms with E-state index in [9.17, 15) is 4.39 Å². The van der Waals surface area contributed by atoms with Crippen LogP contribution >= 0.6 is 11.8 Å². The fourth-order valence-electron chi connectivity index (χ4n) is 1.29. The van der Waals surface area contributed by atoms with E-state index in [1.165, 1.54) is 23.9 Å². The largest absolute Gasteiger partial charge is 0.398 e. The number of benzene rings is 1. The monoisotopic (exact) mass is 238 g/mol. The molecule has 0 bridgehead atoms. The van der Waals surface area contributed by atoms with Gasteiger partial charge in [-0.1, -0.05) is 5.16 Å². The quantitative estimate of drug-likeness (QED) is 0.659. The number of thioether (sulfide) groups is 1. The summed E-state index contributed by atoms with van der Waals surface area (Å²) in [5.41, 5.74) is 6.99. The van der Waals surface area contributed by atoms with E-state index < -0.39 is 0 Å². The van der Waals surface area contributed by atoms with Crippen molar-refractivity contribution < 1.29 is 8.91 Å². The normalized spacial score (nSPS) is 10.6. The lowest BCUT2D eigenvalue weighted by atomic mass is 10.3. The average molecular weight is 238 g/mol. The van der Waals surface area contributed by atoms with Crippen LogP contribution in [0.15, 0.2) is 33.7 Å². The summed E-state index contributed by atoms with van der Waals surface area (Å²) >= 11 is 1.51. The second-order valence-electron chi connectivity index (χ2n) is 3.40. The van der Waals surface area contributed by atoms with E-state index in [2.05, 4.69) is 5.16 Å². The van der Waals surface area contributed by atoms with Crippen molar-refractivity contribution in [3.8, 4) is 0 Å². The Morgan fingerprint density at radius 2 is 2.25 bits per heavy atom. The highest BCUT2D eigenvalue weighted by Gasteiger charge is 2.05. The molecule has 0 radical (unpaired) electrons. The molecule has 2 aromatic rings. The molecule has 0 fully saturated rings. The topological polar surface area (TPSA) is 52.0 Å². The Bertz CT molecular complexity index is 498. The van der Waals surface area contributed by atoms with E-state index in [0.29, 0.717) is 11.4 Å². The number of nitrogens with zero attached hydrogens (tertiary/aromatic N) is 1. The first kappa shape index (κ1) is 11.0. The van der Waals surface area contributed by atoms with Gasteiger partial charge in [0.2, 0.25) is 0 Å². The van der Waals surface area contributed by atoms with Gasteiger partial charge in [-0.25, -0.2) is 4.39 Å². The van der Waals surface area contributed by atoms with Crippen LogP contribution in [-0.4, -0.2) is 5.16 Å². The van der Waals surface area contributed by atoms with Gasteiger partial charge in [-0.15, -0.1) is 11.8 Å². The van der Waals surface area contributed by atoms with Gasteiger partial charge in [0, 0.05) is 22.4 Å². The van der Waals surface area contributed by atoms with Crippen molar-refractivity contribution in [3.63, 3.8) is 0 Å². The van der Waals surface area contributed by atoms with Gasteiger partial charge < -0.3 is 10.3 Å². The molecule has 5 heteroatoms. The number of nitrogen functional groups attached to an aromatic ring is 1. The third kappa shape index (κ3) is 2.55.